The van der Waals surface area contributed by atoms with Gasteiger partial charge in [-0.2, -0.15) is 0 Å². The van der Waals surface area contributed by atoms with E-state index in [-0.39, 0.29) is 0 Å². The topological polar surface area (TPSA) is 40.0 Å². The van der Waals surface area contributed by atoms with Crippen LogP contribution in [-0.4, -0.2) is 23.5 Å². The number of benzene rings is 5. The highest BCUT2D eigenvalue weighted by Crippen LogP contribution is 2.42. The van der Waals surface area contributed by atoms with Crippen LogP contribution in [0.5, 0.6) is 0 Å². The Hall–Kier alpha value is -5.94. The predicted octanol–water partition coefficient (Wildman–Crippen LogP) is 9.23. The number of nitrogens with zero attached hydrogens (tertiary/aromatic N) is 5. The molecule has 5 nitrogen and oxygen atoms in total. The van der Waals surface area contributed by atoms with Gasteiger partial charge in [-0.1, -0.05) is 54.6 Å². The highest BCUT2D eigenvalue weighted by Gasteiger charge is 2.20. The summed E-state index contributed by atoms with van der Waals surface area (Å²) in [5, 5.41) is 8.28. The van der Waals surface area contributed by atoms with Crippen LogP contribution in [0, 0.1) is 0 Å². The summed E-state index contributed by atoms with van der Waals surface area (Å²) in [6, 6.07) is 41.6. The Morgan fingerprint density at radius 1 is 0.419 bits per heavy atom. The van der Waals surface area contributed by atoms with E-state index in [1.165, 1.54) is 38.1 Å². The Kier molecular flexibility index (Phi) is 4.39. The summed E-state index contributed by atoms with van der Waals surface area (Å²) in [5.74, 6) is 0. The van der Waals surface area contributed by atoms with Gasteiger partial charge in [0.2, 0.25) is 0 Å². The average Bonchev–Trinajstić information content (AvgIpc) is 3.77. The number of para-hydroxylation sites is 3. The van der Waals surface area contributed by atoms with Crippen LogP contribution in [0.1, 0.15) is 0 Å². The third kappa shape index (κ3) is 3.00. The van der Waals surface area contributed by atoms with Gasteiger partial charge in [-0.3, -0.25) is 9.38 Å². The van der Waals surface area contributed by atoms with E-state index < -0.39 is 0 Å². The average molecular weight is 550 g/mol. The third-order valence-corrected chi connectivity index (χ3v) is 8.96. The second kappa shape index (κ2) is 8.30. The smallest absolute Gasteiger partial charge is 0.145 e. The van der Waals surface area contributed by atoms with Gasteiger partial charge >= 0.3 is 0 Å². The molecule has 0 saturated heterocycles. The minimum atomic E-state index is 0.954. The van der Waals surface area contributed by atoms with Gasteiger partial charge in [-0.15, -0.1) is 0 Å². The minimum absolute atomic E-state index is 0.954. The number of pyridine rings is 2. The summed E-state index contributed by atoms with van der Waals surface area (Å²) in [4.78, 5) is 9.32. The summed E-state index contributed by atoms with van der Waals surface area (Å²) in [6.45, 7) is 0. The lowest BCUT2D eigenvalue weighted by Gasteiger charge is -2.11. The van der Waals surface area contributed by atoms with Gasteiger partial charge in [0.25, 0.3) is 0 Å². The molecule has 5 aromatic heterocycles. The Bertz CT molecular complexity index is 2710. The zero-order chi connectivity index (χ0) is 28.1. The van der Waals surface area contributed by atoms with Gasteiger partial charge in [0, 0.05) is 68.5 Å². The maximum atomic E-state index is 4.81. The van der Waals surface area contributed by atoms with Crippen LogP contribution in [-0.2, 0) is 0 Å². The molecule has 0 radical (unpaired) electrons. The van der Waals surface area contributed by atoms with Gasteiger partial charge < -0.3 is 9.13 Å². The van der Waals surface area contributed by atoms with Crippen molar-refractivity contribution in [2.45, 2.75) is 0 Å². The Morgan fingerprint density at radius 2 is 1.02 bits per heavy atom. The first kappa shape index (κ1) is 22.7. The first-order chi connectivity index (χ1) is 21.3. The highest BCUT2D eigenvalue weighted by atomic mass is 15.0. The van der Waals surface area contributed by atoms with E-state index in [0.29, 0.717) is 0 Å². The fraction of sp³-hybridized carbons (Fsp3) is 0. The lowest BCUT2D eigenvalue weighted by molar-refractivity contribution is 1.17. The number of rotatable bonds is 2. The summed E-state index contributed by atoms with van der Waals surface area (Å²) in [7, 11) is 0. The van der Waals surface area contributed by atoms with Crippen molar-refractivity contribution >= 4 is 70.9 Å². The fourth-order valence-corrected chi connectivity index (χ4v) is 7.14. The summed E-state index contributed by atoms with van der Waals surface area (Å²) < 4.78 is 6.98. The molecule has 0 aliphatic carbocycles. The first-order valence-electron chi connectivity index (χ1n) is 14.5. The summed E-state index contributed by atoms with van der Waals surface area (Å²) in [6.07, 6.45) is 7.75. The number of imidazole rings is 1. The summed E-state index contributed by atoms with van der Waals surface area (Å²) >= 11 is 0. The molecule has 200 valence electrons. The molecule has 5 heterocycles. The van der Waals surface area contributed by atoms with Crippen LogP contribution in [0.3, 0.4) is 0 Å². The van der Waals surface area contributed by atoms with Crippen LogP contribution < -0.4 is 0 Å². The van der Waals surface area contributed by atoms with Crippen molar-refractivity contribution < 1.29 is 0 Å². The van der Waals surface area contributed by atoms with Gasteiger partial charge in [0.05, 0.1) is 27.6 Å². The van der Waals surface area contributed by atoms with Crippen LogP contribution >= 0.6 is 0 Å². The van der Waals surface area contributed by atoms with Crippen molar-refractivity contribution in [2.24, 2.45) is 0 Å². The maximum Gasteiger partial charge on any atom is 0.145 e. The normalized spacial score (nSPS) is 12.2. The molecule has 5 heteroatoms. The molecule has 0 aliphatic heterocycles. The van der Waals surface area contributed by atoms with Crippen LogP contribution in [0.2, 0.25) is 0 Å². The van der Waals surface area contributed by atoms with Crippen molar-refractivity contribution in [3.8, 4) is 11.4 Å². The standard InChI is InChI=1S/C38H23N5/c1-3-9-24(10-4-1)42-34-14-8-7-13-26(34)29-21-37-30(22-36(29)42)28-19-31-27(20-35(28)43(37)25-11-5-2-6-12-25)32-23-39-16-15-33(32)41-18-17-40-38(31)41/h1-23H. The molecular weight excluding hydrogens is 526 g/mol. The molecular formula is C38H23N5. The molecule has 5 aromatic carbocycles. The molecule has 0 N–H and O–H groups in total. The number of fused-ring (bicyclic) bond motifs is 12. The number of hydrogen-bond donors (Lipinski definition) is 0. The molecule has 10 aromatic rings. The van der Waals surface area contributed by atoms with Gasteiger partial charge in [0.1, 0.15) is 5.65 Å². The maximum absolute atomic E-state index is 4.81. The van der Waals surface area contributed by atoms with E-state index in [1.54, 1.807) is 0 Å². The van der Waals surface area contributed by atoms with Crippen LogP contribution in [0.25, 0.3) is 82.3 Å². The quantitative estimate of drug-likeness (QED) is 0.202. The van der Waals surface area contributed by atoms with E-state index in [0.717, 1.165) is 44.2 Å². The van der Waals surface area contributed by atoms with Crippen LogP contribution in [0.15, 0.2) is 140 Å². The molecule has 0 unspecified atom stereocenters. The van der Waals surface area contributed by atoms with E-state index in [1.807, 2.05) is 24.8 Å². The monoisotopic (exact) mass is 549 g/mol. The van der Waals surface area contributed by atoms with E-state index >= 15 is 0 Å². The number of hydrogen-bond acceptors (Lipinski definition) is 2. The van der Waals surface area contributed by atoms with Gasteiger partial charge in [-0.05, 0) is 66.0 Å². The molecule has 0 aliphatic rings. The Morgan fingerprint density at radius 3 is 1.77 bits per heavy atom. The van der Waals surface area contributed by atoms with Gasteiger partial charge in [-0.25, -0.2) is 4.98 Å². The molecule has 0 saturated carbocycles. The van der Waals surface area contributed by atoms with Crippen molar-refractivity contribution in [3.05, 3.63) is 140 Å². The second-order valence-electron chi connectivity index (χ2n) is 11.2. The van der Waals surface area contributed by atoms with E-state index in [4.69, 9.17) is 4.98 Å². The predicted molar refractivity (Wildman–Crippen MR) is 177 cm³/mol. The van der Waals surface area contributed by atoms with Gasteiger partial charge in [0.15, 0.2) is 0 Å². The van der Waals surface area contributed by atoms with Crippen molar-refractivity contribution in [1.29, 1.82) is 0 Å². The number of aromatic nitrogens is 5. The first-order valence-corrected chi connectivity index (χ1v) is 14.5. The molecule has 0 amide bonds. The second-order valence-corrected chi connectivity index (χ2v) is 11.2. The van der Waals surface area contributed by atoms with Crippen molar-refractivity contribution in [3.63, 3.8) is 0 Å². The van der Waals surface area contributed by atoms with Crippen molar-refractivity contribution in [1.82, 2.24) is 23.5 Å². The van der Waals surface area contributed by atoms with E-state index in [9.17, 15) is 0 Å². The molecule has 0 bridgehead atoms. The zero-order valence-electron chi connectivity index (χ0n) is 23.0. The Labute approximate surface area is 245 Å². The summed E-state index contributed by atoms with van der Waals surface area (Å²) in [5.41, 5.74) is 9.10. The fourth-order valence-electron chi connectivity index (χ4n) is 7.14. The molecule has 0 fully saturated rings. The third-order valence-electron chi connectivity index (χ3n) is 8.96. The highest BCUT2D eigenvalue weighted by molar-refractivity contribution is 6.23. The zero-order valence-corrected chi connectivity index (χ0v) is 23.0. The molecule has 0 atom stereocenters. The molecule has 0 spiro atoms. The largest absolute Gasteiger partial charge is 0.309 e. The molecule has 43 heavy (non-hydrogen) atoms. The Balaban J connectivity index is 1.45. The molecule has 10 rings (SSSR count). The van der Waals surface area contributed by atoms with Crippen LogP contribution in [0.4, 0.5) is 0 Å². The lowest BCUT2D eigenvalue weighted by atomic mass is 10.0. The van der Waals surface area contributed by atoms with E-state index in [2.05, 4.69) is 134 Å². The lowest BCUT2D eigenvalue weighted by Crippen LogP contribution is -1.95. The minimum Gasteiger partial charge on any atom is -0.309 e. The SMILES string of the molecule is c1ccc(-n2c3ccccc3c3cc4c(cc32)c2cc3c(cc2n4-c2ccccc2)c2cnccc2n2ccnc32)cc1. The van der Waals surface area contributed by atoms with Crippen molar-refractivity contribution in [2.75, 3.05) is 0 Å².